The van der Waals surface area contributed by atoms with Crippen molar-refractivity contribution in [3.8, 4) is 11.1 Å². The molecule has 0 unspecified atom stereocenters. The standard InChI is InChI=1S/C37H36F3N3O5S/c38-37(39,40)36(46)43-18-4-7-31(43)34(45)42-21-25-5-3-6-29(19-25)26-13-15-28(16-14-26)35-47-30(23-49-33-8-1-2-17-41-33)20-32(48-35)27-11-9-24(22-44)10-12-27/h1-3,5-6,8-17,19,30-32,35,44H,4,7,18,20-23H2,(H,42,45)/t30-,31+,32+,35+/m1/s1. The lowest BCUT2D eigenvalue weighted by atomic mass is 9.99. The molecule has 4 aromatic rings. The van der Waals surface area contributed by atoms with Crippen LogP contribution in [0.1, 0.15) is 53.9 Å². The van der Waals surface area contributed by atoms with Crippen LogP contribution in [0.5, 0.6) is 0 Å². The van der Waals surface area contributed by atoms with E-state index in [2.05, 4.69) is 10.3 Å². The highest BCUT2D eigenvalue weighted by atomic mass is 32.2. The maximum Gasteiger partial charge on any atom is 0.471 e. The summed E-state index contributed by atoms with van der Waals surface area (Å²) in [4.78, 5) is 29.6. The number of likely N-dealkylation sites (tertiary alicyclic amines) is 1. The molecule has 2 fully saturated rings. The van der Waals surface area contributed by atoms with Crippen molar-refractivity contribution in [3.63, 3.8) is 0 Å². The van der Waals surface area contributed by atoms with Crippen LogP contribution in [0.25, 0.3) is 11.1 Å². The summed E-state index contributed by atoms with van der Waals surface area (Å²) < 4.78 is 51.9. The number of hydrogen-bond donors (Lipinski definition) is 2. The van der Waals surface area contributed by atoms with Crippen molar-refractivity contribution in [2.75, 3.05) is 12.3 Å². The molecule has 2 aliphatic rings. The molecule has 8 nitrogen and oxygen atoms in total. The SMILES string of the molecule is O=C(NCc1cccc(-c2ccc([C@H]3O[C@@H](CSc4ccccn4)C[C@@H](c4ccc(CO)cc4)O3)cc2)c1)[C@@H]1CCCN1C(=O)C(F)(F)F. The highest BCUT2D eigenvalue weighted by Gasteiger charge is 2.47. The average molecular weight is 692 g/mol. The number of rotatable bonds is 10. The lowest BCUT2D eigenvalue weighted by Crippen LogP contribution is -2.50. The summed E-state index contributed by atoms with van der Waals surface area (Å²) in [6.45, 7) is -0.0167. The number of carbonyl (C=O) groups is 2. The monoisotopic (exact) mass is 691 g/mol. The first-order chi connectivity index (χ1) is 23.7. The quantitative estimate of drug-likeness (QED) is 0.178. The fraction of sp³-hybridized carbons (Fsp3) is 0.324. The molecule has 256 valence electrons. The van der Waals surface area contributed by atoms with Crippen LogP contribution in [0.3, 0.4) is 0 Å². The van der Waals surface area contributed by atoms with Crippen LogP contribution in [0.4, 0.5) is 13.2 Å². The Balaban J connectivity index is 1.12. The van der Waals surface area contributed by atoms with Gasteiger partial charge in [-0.05, 0) is 58.9 Å². The van der Waals surface area contributed by atoms with Crippen molar-refractivity contribution in [2.24, 2.45) is 0 Å². The van der Waals surface area contributed by atoms with Crippen LogP contribution in [0, 0.1) is 0 Å². The molecule has 12 heteroatoms. The highest BCUT2D eigenvalue weighted by Crippen LogP contribution is 2.40. The van der Waals surface area contributed by atoms with Crippen molar-refractivity contribution in [1.82, 2.24) is 15.2 Å². The van der Waals surface area contributed by atoms with Gasteiger partial charge < -0.3 is 24.8 Å². The van der Waals surface area contributed by atoms with Gasteiger partial charge >= 0.3 is 12.1 Å². The molecule has 3 aromatic carbocycles. The third-order valence-corrected chi connectivity index (χ3v) is 9.71. The Labute approximate surface area is 286 Å². The van der Waals surface area contributed by atoms with Gasteiger partial charge in [0.25, 0.3) is 0 Å². The lowest BCUT2D eigenvalue weighted by Gasteiger charge is -2.36. The van der Waals surface area contributed by atoms with E-state index in [1.807, 2.05) is 91.0 Å². The Bertz CT molecular complexity index is 1720. The molecule has 2 saturated heterocycles. The molecule has 49 heavy (non-hydrogen) atoms. The smallest absolute Gasteiger partial charge is 0.392 e. The topological polar surface area (TPSA) is 101 Å². The minimum absolute atomic E-state index is 0.0303. The summed E-state index contributed by atoms with van der Waals surface area (Å²) in [5, 5.41) is 13.1. The van der Waals surface area contributed by atoms with Crippen LogP contribution in [-0.2, 0) is 32.2 Å². The number of benzene rings is 3. The van der Waals surface area contributed by atoms with Crippen molar-refractivity contribution in [2.45, 2.75) is 68.2 Å². The second-order valence-electron chi connectivity index (χ2n) is 12.0. The second-order valence-corrected chi connectivity index (χ2v) is 13.1. The Morgan fingerprint density at radius 1 is 0.918 bits per heavy atom. The molecular formula is C37H36F3N3O5S. The van der Waals surface area contributed by atoms with Crippen LogP contribution in [0.15, 0.2) is 102 Å². The van der Waals surface area contributed by atoms with E-state index in [-0.39, 0.29) is 38.3 Å². The van der Waals surface area contributed by atoms with Gasteiger partial charge in [-0.25, -0.2) is 4.98 Å². The zero-order chi connectivity index (χ0) is 34.4. The first kappa shape index (κ1) is 34.6. The number of aliphatic hydroxyl groups is 1. The van der Waals surface area contributed by atoms with Crippen molar-refractivity contribution >= 4 is 23.6 Å². The second kappa shape index (κ2) is 15.5. The minimum Gasteiger partial charge on any atom is -0.392 e. The fourth-order valence-electron chi connectivity index (χ4n) is 6.08. The zero-order valence-electron chi connectivity index (χ0n) is 26.5. The van der Waals surface area contributed by atoms with Gasteiger partial charge in [0.05, 0.1) is 23.8 Å². The largest absolute Gasteiger partial charge is 0.471 e. The predicted molar refractivity (Wildman–Crippen MR) is 178 cm³/mol. The lowest BCUT2D eigenvalue weighted by molar-refractivity contribution is -0.245. The Hall–Kier alpha value is -4.23. The van der Waals surface area contributed by atoms with Gasteiger partial charge in [0.1, 0.15) is 6.04 Å². The Morgan fingerprint density at radius 3 is 2.41 bits per heavy atom. The number of hydrogen-bond acceptors (Lipinski definition) is 7. The highest BCUT2D eigenvalue weighted by molar-refractivity contribution is 7.99. The number of amides is 2. The summed E-state index contributed by atoms with van der Waals surface area (Å²) in [6.07, 6.45) is -2.99. The van der Waals surface area contributed by atoms with Gasteiger partial charge in [0, 0.05) is 37.0 Å². The molecule has 6 rings (SSSR count). The number of nitrogens with one attached hydrogen (secondary N) is 1. The molecule has 3 heterocycles. The van der Waals surface area contributed by atoms with Crippen molar-refractivity contribution in [3.05, 3.63) is 119 Å². The molecule has 1 aromatic heterocycles. The molecule has 4 atom stereocenters. The maximum atomic E-state index is 13.0. The van der Waals surface area contributed by atoms with Crippen LogP contribution in [0.2, 0.25) is 0 Å². The average Bonchev–Trinajstić information content (AvgIpc) is 3.63. The number of pyridine rings is 1. The van der Waals surface area contributed by atoms with Crippen LogP contribution >= 0.6 is 11.8 Å². The normalized spacial score (nSPS) is 21.0. The number of carbonyl (C=O) groups excluding carboxylic acids is 2. The summed E-state index contributed by atoms with van der Waals surface area (Å²) in [5.41, 5.74) is 5.27. The van der Waals surface area contributed by atoms with Crippen LogP contribution in [-0.4, -0.2) is 57.4 Å². The fourth-order valence-corrected chi connectivity index (χ4v) is 6.96. The molecule has 2 aliphatic heterocycles. The molecule has 2 amide bonds. The third-order valence-electron chi connectivity index (χ3n) is 8.64. The van der Waals surface area contributed by atoms with E-state index < -0.39 is 30.3 Å². The van der Waals surface area contributed by atoms with Gasteiger partial charge in [-0.2, -0.15) is 13.2 Å². The van der Waals surface area contributed by atoms with E-state index in [1.54, 1.807) is 18.0 Å². The van der Waals surface area contributed by atoms with Gasteiger partial charge in [0.15, 0.2) is 6.29 Å². The number of thioether (sulfide) groups is 1. The molecule has 0 radical (unpaired) electrons. The minimum atomic E-state index is -5.02. The van der Waals surface area contributed by atoms with Gasteiger partial charge in [-0.1, -0.05) is 72.8 Å². The third kappa shape index (κ3) is 8.69. The van der Waals surface area contributed by atoms with E-state index in [9.17, 15) is 27.9 Å². The number of alkyl halides is 3. The van der Waals surface area contributed by atoms with E-state index >= 15 is 0 Å². The zero-order valence-corrected chi connectivity index (χ0v) is 27.3. The van der Waals surface area contributed by atoms with Crippen molar-refractivity contribution < 1.29 is 37.3 Å². The number of aliphatic hydroxyl groups excluding tert-OH is 1. The van der Waals surface area contributed by atoms with Gasteiger partial charge in [-0.3, -0.25) is 9.59 Å². The Kier molecular flexibility index (Phi) is 11.0. The first-order valence-corrected chi connectivity index (χ1v) is 17.1. The number of halogens is 3. The van der Waals surface area contributed by atoms with Crippen LogP contribution < -0.4 is 5.32 Å². The van der Waals surface area contributed by atoms with E-state index in [4.69, 9.17) is 9.47 Å². The van der Waals surface area contributed by atoms with Gasteiger partial charge in [-0.15, -0.1) is 11.8 Å². The molecule has 0 aliphatic carbocycles. The van der Waals surface area contributed by atoms with E-state index in [0.717, 1.165) is 38.4 Å². The molecule has 0 bridgehead atoms. The van der Waals surface area contributed by atoms with Gasteiger partial charge in [0.2, 0.25) is 5.91 Å². The van der Waals surface area contributed by atoms with E-state index in [1.165, 1.54) is 0 Å². The number of aromatic nitrogens is 1. The maximum absolute atomic E-state index is 13.0. The molecule has 2 N–H and O–H groups in total. The summed E-state index contributed by atoms with van der Waals surface area (Å²) in [6, 6.07) is 27.8. The summed E-state index contributed by atoms with van der Waals surface area (Å²) >= 11 is 1.63. The Morgan fingerprint density at radius 2 is 1.69 bits per heavy atom. The summed E-state index contributed by atoms with van der Waals surface area (Å²) in [7, 11) is 0. The van der Waals surface area contributed by atoms with Crippen molar-refractivity contribution in [1.29, 1.82) is 0 Å². The summed E-state index contributed by atoms with van der Waals surface area (Å²) in [5.74, 6) is -1.89. The first-order valence-electron chi connectivity index (χ1n) is 16.1. The molecular weight excluding hydrogens is 655 g/mol. The predicted octanol–water partition coefficient (Wildman–Crippen LogP) is 6.75. The number of nitrogens with zero attached hydrogens (tertiary/aromatic N) is 2. The number of ether oxygens (including phenoxy) is 2. The molecule has 0 saturated carbocycles. The molecule has 0 spiro atoms. The van der Waals surface area contributed by atoms with E-state index in [0.29, 0.717) is 23.5 Å².